The monoisotopic (exact) mass is 481 g/mol. The molecule has 0 bridgehead atoms. The van der Waals surface area contributed by atoms with Gasteiger partial charge in [-0.3, -0.25) is 14.2 Å². The predicted octanol–water partition coefficient (Wildman–Crippen LogP) is 3.71. The summed E-state index contributed by atoms with van der Waals surface area (Å²) in [5.41, 5.74) is 3.55. The number of amides is 1. The number of hydrogen-bond donors (Lipinski definition) is 1. The van der Waals surface area contributed by atoms with Gasteiger partial charge in [0.2, 0.25) is 12.7 Å². The van der Waals surface area contributed by atoms with Crippen LogP contribution in [-0.2, 0) is 17.8 Å². The van der Waals surface area contributed by atoms with Crippen molar-refractivity contribution in [3.8, 4) is 17.2 Å². The van der Waals surface area contributed by atoms with E-state index in [1.165, 1.54) is 11.8 Å². The van der Waals surface area contributed by atoms with Crippen LogP contribution in [0.15, 0.2) is 57.3 Å². The van der Waals surface area contributed by atoms with E-state index >= 15 is 0 Å². The molecule has 3 aromatic rings. The molecule has 1 unspecified atom stereocenters. The highest BCUT2D eigenvalue weighted by Crippen LogP contribution is 2.35. The number of fused-ring (bicyclic) bond motifs is 2. The van der Waals surface area contributed by atoms with E-state index in [1.807, 2.05) is 49.4 Å². The van der Waals surface area contributed by atoms with Crippen molar-refractivity contribution in [2.24, 2.45) is 0 Å². The Bertz CT molecular complexity index is 1270. The highest BCUT2D eigenvalue weighted by Gasteiger charge is 2.27. The van der Waals surface area contributed by atoms with Crippen LogP contribution in [0.1, 0.15) is 23.7 Å². The van der Waals surface area contributed by atoms with E-state index in [4.69, 9.17) is 14.5 Å². The first-order valence-electron chi connectivity index (χ1n) is 10.7. The highest BCUT2D eigenvalue weighted by molar-refractivity contribution is 8.00. The number of nitrogens with zero attached hydrogens (tertiary/aromatic N) is 2. The number of benzene rings is 2. The minimum absolute atomic E-state index is 0.0681. The largest absolute Gasteiger partial charge is 0.454 e. The Balaban J connectivity index is 1.33. The van der Waals surface area contributed by atoms with Crippen LogP contribution in [0, 0.1) is 6.92 Å². The van der Waals surface area contributed by atoms with Crippen molar-refractivity contribution >= 4 is 29.4 Å². The molecule has 2 aliphatic heterocycles. The molecule has 1 N–H and O–H groups in total. The predicted molar refractivity (Wildman–Crippen MR) is 129 cm³/mol. The van der Waals surface area contributed by atoms with Gasteiger partial charge in [0.15, 0.2) is 16.7 Å². The summed E-state index contributed by atoms with van der Waals surface area (Å²) >= 11 is 2.85. The van der Waals surface area contributed by atoms with E-state index in [1.54, 1.807) is 16.3 Å². The Hall–Kier alpha value is -2.91. The van der Waals surface area contributed by atoms with Gasteiger partial charge in [-0.15, -0.1) is 11.8 Å². The van der Waals surface area contributed by atoms with E-state index < -0.39 is 0 Å². The van der Waals surface area contributed by atoms with Crippen LogP contribution in [0.25, 0.3) is 5.69 Å². The quantitative estimate of drug-likeness (QED) is 0.424. The first kappa shape index (κ1) is 21.9. The molecule has 3 heterocycles. The van der Waals surface area contributed by atoms with E-state index in [-0.39, 0.29) is 24.0 Å². The topological polar surface area (TPSA) is 82.5 Å². The normalized spacial score (nSPS) is 16.0. The molecule has 5 rings (SSSR count). The van der Waals surface area contributed by atoms with Crippen molar-refractivity contribution in [3.05, 3.63) is 69.6 Å². The third-order valence-electron chi connectivity index (χ3n) is 5.43. The van der Waals surface area contributed by atoms with Gasteiger partial charge in [-0.05, 0) is 36.8 Å². The minimum Gasteiger partial charge on any atom is -0.454 e. The Morgan fingerprint density at radius 2 is 2.00 bits per heavy atom. The second kappa shape index (κ2) is 9.15. The molecule has 1 atom stereocenters. The Morgan fingerprint density at radius 1 is 1.21 bits per heavy atom. The van der Waals surface area contributed by atoms with E-state index in [0.29, 0.717) is 33.3 Å². The van der Waals surface area contributed by atoms with Crippen LogP contribution in [0.2, 0.25) is 0 Å². The molecule has 0 aliphatic carbocycles. The molecule has 2 aromatic carbocycles. The first-order chi connectivity index (χ1) is 16.0. The number of carbonyl (C=O) groups is 1. The fourth-order valence-corrected chi connectivity index (χ4v) is 5.71. The zero-order valence-corrected chi connectivity index (χ0v) is 19.9. The lowest BCUT2D eigenvalue weighted by molar-refractivity contribution is -0.118. The van der Waals surface area contributed by atoms with E-state index in [9.17, 15) is 9.59 Å². The summed E-state index contributed by atoms with van der Waals surface area (Å²) in [5.74, 6) is 1.42. The van der Waals surface area contributed by atoms with Crippen LogP contribution in [0.4, 0.5) is 0 Å². The van der Waals surface area contributed by atoms with Crippen LogP contribution in [0.5, 0.6) is 11.5 Å². The minimum atomic E-state index is -0.134. The molecule has 0 spiro atoms. The summed E-state index contributed by atoms with van der Waals surface area (Å²) in [6.45, 7) is 4.70. The summed E-state index contributed by atoms with van der Waals surface area (Å²) in [4.78, 5) is 31.4. The van der Waals surface area contributed by atoms with Gasteiger partial charge in [0.25, 0.3) is 5.56 Å². The van der Waals surface area contributed by atoms with Gasteiger partial charge in [-0.25, -0.2) is 4.98 Å². The maximum absolute atomic E-state index is 13.3. The summed E-state index contributed by atoms with van der Waals surface area (Å²) < 4.78 is 12.3. The molecule has 2 aliphatic rings. The fourth-order valence-electron chi connectivity index (χ4n) is 3.75. The molecule has 170 valence electrons. The Labute approximate surface area is 199 Å². The van der Waals surface area contributed by atoms with Gasteiger partial charge in [-0.2, -0.15) is 0 Å². The molecule has 0 saturated carbocycles. The number of thioether (sulfide) groups is 2. The molecule has 0 fully saturated rings. The standard InChI is InChI=1S/C24H23N3O4S2/c1-14-3-6-17(7-4-14)27-23(29)22-18(9-15(2)33-22)26-24(27)32-12-21(28)25-11-16-5-8-19-20(10-16)31-13-30-19/h3-8,10,15H,9,11-13H2,1-2H3,(H,25,28). The lowest BCUT2D eigenvalue weighted by atomic mass is 10.2. The SMILES string of the molecule is Cc1ccc(-n2c(SCC(=O)NCc3ccc4c(c3)OCO4)nc3c(c2=O)SC(C)C3)cc1. The smallest absolute Gasteiger partial charge is 0.272 e. The Kier molecular flexibility index (Phi) is 6.07. The van der Waals surface area contributed by atoms with Crippen LogP contribution in [0.3, 0.4) is 0 Å². The van der Waals surface area contributed by atoms with E-state index in [2.05, 4.69) is 12.2 Å². The number of nitrogens with one attached hydrogen (secondary N) is 1. The molecule has 1 aromatic heterocycles. The van der Waals surface area contributed by atoms with E-state index in [0.717, 1.165) is 28.9 Å². The van der Waals surface area contributed by atoms with Gasteiger partial charge in [0.05, 0.1) is 22.0 Å². The molecule has 0 radical (unpaired) electrons. The molecule has 0 saturated heterocycles. The average Bonchev–Trinajstić information content (AvgIpc) is 3.42. The lowest BCUT2D eigenvalue weighted by Crippen LogP contribution is -2.27. The van der Waals surface area contributed by atoms with Crippen LogP contribution >= 0.6 is 23.5 Å². The molecular formula is C24H23N3O4S2. The zero-order valence-electron chi connectivity index (χ0n) is 18.3. The summed E-state index contributed by atoms with van der Waals surface area (Å²) in [6.07, 6.45) is 0.758. The van der Waals surface area contributed by atoms with Crippen molar-refractivity contribution in [2.45, 2.75) is 42.1 Å². The van der Waals surface area contributed by atoms with Crippen LogP contribution in [-0.4, -0.2) is 33.3 Å². The lowest BCUT2D eigenvalue weighted by Gasteiger charge is -2.14. The Morgan fingerprint density at radius 3 is 2.82 bits per heavy atom. The van der Waals surface area contributed by atoms with Crippen molar-refractivity contribution in [1.29, 1.82) is 0 Å². The molecule has 33 heavy (non-hydrogen) atoms. The van der Waals surface area contributed by atoms with Crippen LogP contribution < -0.4 is 20.3 Å². The molecular weight excluding hydrogens is 458 g/mol. The van der Waals surface area contributed by atoms with Crippen molar-refractivity contribution in [2.75, 3.05) is 12.5 Å². The van der Waals surface area contributed by atoms with Gasteiger partial charge in [0, 0.05) is 18.2 Å². The van der Waals surface area contributed by atoms with Gasteiger partial charge in [-0.1, -0.05) is 42.4 Å². The second-order valence-corrected chi connectivity index (χ2v) is 10.4. The first-order valence-corrected chi connectivity index (χ1v) is 12.5. The number of ether oxygens (including phenoxy) is 2. The number of aromatic nitrogens is 2. The number of aryl methyl sites for hydroxylation is 1. The van der Waals surface area contributed by atoms with Gasteiger partial charge in [0.1, 0.15) is 0 Å². The highest BCUT2D eigenvalue weighted by atomic mass is 32.2. The maximum atomic E-state index is 13.3. The third-order valence-corrected chi connectivity index (χ3v) is 7.59. The molecule has 1 amide bonds. The van der Waals surface area contributed by atoms with Gasteiger partial charge < -0.3 is 14.8 Å². The summed E-state index contributed by atoms with van der Waals surface area (Å²) in [7, 11) is 0. The molecule has 7 nitrogen and oxygen atoms in total. The van der Waals surface area contributed by atoms with Gasteiger partial charge >= 0.3 is 0 Å². The number of hydrogen-bond acceptors (Lipinski definition) is 7. The number of rotatable bonds is 6. The maximum Gasteiger partial charge on any atom is 0.272 e. The third kappa shape index (κ3) is 4.60. The van der Waals surface area contributed by atoms with Crippen molar-refractivity contribution in [3.63, 3.8) is 0 Å². The van der Waals surface area contributed by atoms with Crippen molar-refractivity contribution in [1.82, 2.24) is 14.9 Å². The average molecular weight is 482 g/mol. The molecule has 9 heteroatoms. The zero-order chi connectivity index (χ0) is 22.9. The number of carbonyl (C=O) groups excluding carboxylic acids is 1. The van der Waals surface area contributed by atoms with Crippen molar-refractivity contribution < 1.29 is 14.3 Å². The second-order valence-electron chi connectivity index (χ2n) is 8.03. The summed E-state index contributed by atoms with van der Waals surface area (Å²) in [6, 6.07) is 13.4. The fraction of sp³-hybridized carbons (Fsp3) is 0.292. The summed E-state index contributed by atoms with van der Waals surface area (Å²) in [5, 5.41) is 3.78.